The molecule has 0 aliphatic heterocycles. The number of carbonyl (C=O) groups excluding carboxylic acids is 1. The average molecular weight is 527 g/mol. The molecule has 4 aromatic carbocycles. The van der Waals surface area contributed by atoms with Gasteiger partial charge in [-0.1, -0.05) is 113 Å². The van der Waals surface area contributed by atoms with E-state index in [1.807, 2.05) is 91.1 Å². The molecule has 0 bridgehead atoms. The van der Waals surface area contributed by atoms with Crippen molar-refractivity contribution in [1.29, 1.82) is 0 Å². The lowest BCUT2D eigenvalue weighted by Gasteiger charge is -2.33. The van der Waals surface area contributed by atoms with Crippen LogP contribution in [0.2, 0.25) is 6.55 Å². The Morgan fingerprint density at radius 2 is 1.35 bits per heavy atom. The van der Waals surface area contributed by atoms with Crippen molar-refractivity contribution < 1.29 is 9.22 Å². The number of ketones is 1. The molecule has 5 rings (SSSR count). The molecular weight excluding hydrogens is 502 g/mol. The number of fused-ring (bicyclic) bond motifs is 1. The van der Waals surface area contributed by atoms with Crippen LogP contribution >= 0.6 is 15.9 Å². The summed E-state index contributed by atoms with van der Waals surface area (Å²) in [6.07, 6.45) is 1.13. The Bertz CT molecular complexity index is 1380. The first kappa shape index (κ1) is 22.5. The Hall–Kier alpha value is -3.25. The van der Waals surface area contributed by atoms with Crippen molar-refractivity contribution in [3.63, 3.8) is 0 Å². The molecule has 0 radical (unpaired) electrons. The molecule has 1 aromatic heterocycles. The van der Waals surface area contributed by atoms with Crippen molar-refractivity contribution in [3.8, 4) is 0 Å². The van der Waals surface area contributed by atoms with Gasteiger partial charge in [-0.15, -0.1) is 0 Å². The standard InChI is InChI=1S/C29H24BrNO2Si/c1-34(22-13-7-3-8-14-22,23-15-9-4-10-16-23)33-29(28(32)21-11-5-2-6-12-21)25-17-18-26(30)24-19-20-31-27(24)25/h2-20,29,31H,1H3/t29-/m0/s1. The largest absolute Gasteiger partial charge is 0.394 e. The lowest BCUT2D eigenvalue weighted by molar-refractivity contribution is 0.0788. The Morgan fingerprint density at radius 3 is 1.94 bits per heavy atom. The molecule has 1 N–H and O–H groups in total. The highest BCUT2D eigenvalue weighted by Gasteiger charge is 2.40. The van der Waals surface area contributed by atoms with Crippen LogP contribution in [-0.4, -0.2) is 19.1 Å². The van der Waals surface area contributed by atoms with Crippen molar-refractivity contribution in [3.05, 3.63) is 131 Å². The van der Waals surface area contributed by atoms with Gasteiger partial charge in [0.05, 0.1) is 5.52 Å². The normalized spacial score (nSPS) is 12.5. The van der Waals surface area contributed by atoms with Crippen molar-refractivity contribution in [2.45, 2.75) is 12.7 Å². The topological polar surface area (TPSA) is 42.1 Å². The Balaban J connectivity index is 1.70. The predicted octanol–water partition coefficient (Wildman–Crippen LogP) is 6.26. The molecule has 0 saturated carbocycles. The number of aromatic nitrogens is 1. The summed E-state index contributed by atoms with van der Waals surface area (Å²) in [5.74, 6) is -0.0515. The Kier molecular flexibility index (Phi) is 6.33. The fourth-order valence-electron chi connectivity index (χ4n) is 4.42. The molecule has 1 atom stereocenters. The molecule has 5 aromatic rings. The third kappa shape index (κ3) is 4.18. The van der Waals surface area contributed by atoms with Gasteiger partial charge in [0.2, 0.25) is 0 Å². The maximum absolute atomic E-state index is 14.0. The zero-order chi connectivity index (χ0) is 23.5. The maximum Gasteiger partial charge on any atom is 0.254 e. The first-order valence-electron chi connectivity index (χ1n) is 11.2. The molecule has 1 heterocycles. The van der Waals surface area contributed by atoms with Gasteiger partial charge in [-0.2, -0.15) is 0 Å². The minimum Gasteiger partial charge on any atom is -0.394 e. The number of nitrogens with one attached hydrogen (secondary N) is 1. The highest BCUT2D eigenvalue weighted by atomic mass is 79.9. The molecule has 0 unspecified atom stereocenters. The second-order valence-corrected chi connectivity index (χ2v) is 12.7. The van der Waals surface area contributed by atoms with E-state index in [9.17, 15) is 4.79 Å². The van der Waals surface area contributed by atoms with Gasteiger partial charge in [0.15, 0.2) is 5.78 Å². The number of benzene rings is 4. The predicted molar refractivity (Wildman–Crippen MR) is 144 cm³/mol. The molecule has 0 aliphatic carbocycles. The SMILES string of the molecule is C[Si](O[C@H](C(=O)c1ccccc1)c1ccc(Br)c2cc[nH]c12)(c1ccccc1)c1ccccc1. The maximum atomic E-state index is 14.0. The summed E-state index contributed by atoms with van der Waals surface area (Å²) >= 11 is 3.64. The van der Waals surface area contributed by atoms with Crippen LogP contribution in [0.1, 0.15) is 22.0 Å². The summed E-state index contributed by atoms with van der Waals surface area (Å²) in [5, 5.41) is 3.26. The molecule has 0 spiro atoms. The van der Waals surface area contributed by atoms with E-state index in [1.165, 1.54) is 0 Å². The lowest BCUT2D eigenvalue weighted by Crippen LogP contribution is -2.59. The van der Waals surface area contributed by atoms with Crippen LogP contribution in [0, 0.1) is 0 Å². The van der Waals surface area contributed by atoms with E-state index in [2.05, 4.69) is 51.7 Å². The van der Waals surface area contributed by atoms with Gasteiger partial charge < -0.3 is 9.41 Å². The van der Waals surface area contributed by atoms with Crippen LogP contribution in [0.5, 0.6) is 0 Å². The number of carbonyl (C=O) groups is 1. The number of hydrogen-bond acceptors (Lipinski definition) is 2. The fourth-order valence-corrected chi connectivity index (χ4v) is 7.86. The van der Waals surface area contributed by atoms with Crippen LogP contribution in [0.25, 0.3) is 10.9 Å². The highest BCUT2D eigenvalue weighted by molar-refractivity contribution is 9.10. The van der Waals surface area contributed by atoms with Crippen LogP contribution in [0.4, 0.5) is 0 Å². The minimum atomic E-state index is -2.77. The van der Waals surface area contributed by atoms with Crippen molar-refractivity contribution >= 4 is 51.3 Å². The van der Waals surface area contributed by atoms with Crippen molar-refractivity contribution in [2.24, 2.45) is 0 Å². The van der Waals surface area contributed by atoms with Gasteiger partial charge >= 0.3 is 0 Å². The monoisotopic (exact) mass is 525 g/mol. The van der Waals surface area contributed by atoms with E-state index >= 15 is 0 Å². The molecule has 3 nitrogen and oxygen atoms in total. The van der Waals surface area contributed by atoms with E-state index in [0.29, 0.717) is 5.56 Å². The number of Topliss-reactive ketones (excluding diaryl/α,β-unsaturated/α-hetero) is 1. The molecule has 168 valence electrons. The molecular formula is C29H24BrNO2Si. The van der Waals surface area contributed by atoms with E-state index < -0.39 is 14.4 Å². The third-order valence-corrected chi connectivity index (χ3v) is 10.6. The number of hydrogen-bond donors (Lipinski definition) is 1. The quantitative estimate of drug-likeness (QED) is 0.201. The van der Waals surface area contributed by atoms with E-state index in [4.69, 9.17) is 4.43 Å². The zero-order valence-electron chi connectivity index (χ0n) is 18.7. The number of halogens is 1. The van der Waals surface area contributed by atoms with Gasteiger partial charge in [-0.25, -0.2) is 0 Å². The minimum absolute atomic E-state index is 0.0515. The summed E-state index contributed by atoms with van der Waals surface area (Å²) < 4.78 is 8.06. The summed E-state index contributed by atoms with van der Waals surface area (Å²) in [4.78, 5) is 17.3. The Labute approximate surface area is 208 Å². The highest BCUT2D eigenvalue weighted by Crippen LogP contribution is 2.34. The van der Waals surface area contributed by atoms with Crippen LogP contribution < -0.4 is 10.4 Å². The van der Waals surface area contributed by atoms with Gasteiger partial charge in [0.25, 0.3) is 8.32 Å². The molecule has 0 amide bonds. The second kappa shape index (κ2) is 9.55. The Morgan fingerprint density at radius 1 is 0.794 bits per heavy atom. The summed E-state index contributed by atoms with van der Waals surface area (Å²) in [7, 11) is -2.77. The van der Waals surface area contributed by atoms with Crippen LogP contribution in [0.15, 0.2) is 120 Å². The number of rotatable bonds is 7. The first-order valence-corrected chi connectivity index (χ1v) is 14.4. The van der Waals surface area contributed by atoms with Gasteiger partial charge in [-0.3, -0.25) is 4.79 Å². The van der Waals surface area contributed by atoms with Gasteiger partial charge in [0.1, 0.15) is 6.10 Å². The smallest absolute Gasteiger partial charge is 0.254 e. The van der Waals surface area contributed by atoms with Crippen molar-refractivity contribution in [1.82, 2.24) is 4.98 Å². The summed E-state index contributed by atoms with van der Waals surface area (Å²) in [6.45, 7) is 2.17. The van der Waals surface area contributed by atoms with Gasteiger partial charge in [0, 0.05) is 27.2 Å². The van der Waals surface area contributed by atoms with Crippen molar-refractivity contribution in [2.75, 3.05) is 0 Å². The zero-order valence-corrected chi connectivity index (χ0v) is 21.3. The van der Waals surface area contributed by atoms with Crippen LogP contribution in [-0.2, 0) is 4.43 Å². The second-order valence-electron chi connectivity index (χ2n) is 8.40. The average Bonchev–Trinajstić information content (AvgIpc) is 3.40. The van der Waals surface area contributed by atoms with E-state index in [0.717, 1.165) is 31.3 Å². The van der Waals surface area contributed by atoms with Gasteiger partial charge in [-0.05, 0) is 29.1 Å². The summed E-state index contributed by atoms with van der Waals surface area (Å²) in [6, 6.07) is 36.0. The molecule has 0 saturated heterocycles. The van der Waals surface area contributed by atoms with E-state index in [1.54, 1.807) is 0 Å². The number of aromatic amines is 1. The molecule has 0 fully saturated rings. The van der Waals surface area contributed by atoms with E-state index in [-0.39, 0.29) is 5.78 Å². The summed E-state index contributed by atoms with van der Waals surface area (Å²) in [5.41, 5.74) is 2.37. The third-order valence-electron chi connectivity index (χ3n) is 6.28. The molecule has 5 heteroatoms. The number of H-pyrrole nitrogens is 1. The first-order chi connectivity index (χ1) is 16.6. The van der Waals surface area contributed by atoms with Crippen LogP contribution in [0.3, 0.4) is 0 Å². The lowest BCUT2D eigenvalue weighted by atomic mass is 9.98. The molecule has 34 heavy (non-hydrogen) atoms. The fraction of sp³-hybridized carbons (Fsp3) is 0.0690. The molecule has 0 aliphatic rings.